The van der Waals surface area contributed by atoms with Gasteiger partial charge in [-0.25, -0.2) is 0 Å². The fourth-order valence-corrected chi connectivity index (χ4v) is 3.10. The van der Waals surface area contributed by atoms with Crippen molar-refractivity contribution in [3.8, 4) is 0 Å². The molecule has 0 spiro atoms. The maximum absolute atomic E-state index is 12.0. The van der Waals surface area contributed by atoms with E-state index in [4.69, 9.17) is 4.74 Å². The average Bonchev–Trinajstić information content (AvgIpc) is 2.98. The summed E-state index contributed by atoms with van der Waals surface area (Å²) < 4.78 is 5.13. The first-order chi connectivity index (χ1) is 11.6. The third-order valence-electron chi connectivity index (χ3n) is 4.37. The van der Waals surface area contributed by atoms with Crippen LogP contribution in [0.25, 0.3) is 0 Å². The SMILES string of the molecule is Cc1ccc(NC(=O)COC(=O)CC2CCc3ccccc32)cc1. The van der Waals surface area contributed by atoms with Crippen LogP contribution in [0, 0.1) is 6.92 Å². The Hall–Kier alpha value is -2.62. The van der Waals surface area contributed by atoms with E-state index in [1.54, 1.807) is 0 Å². The maximum Gasteiger partial charge on any atom is 0.306 e. The third-order valence-corrected chi connectivity index (χ3v) is 4.37. The zero-order valence-electron chi connectivity index (χ0n) is 13.7. The van der Waals surface area contributed by atoms with Gasteiger partial charge in [0.2, 0.25) is 0 Å². The zero-order valence-corrected chi connectivity index (χ0v) is 13.7. The van der Waals surface area contributed by atoms with Crippen molar-refractivity contribution in [2.24, 2.45) is 0 Å². The zero-order chi connectivity index (χ0) is 16.9. The molecule has 1 unspecified atom stereocenters. The summed E-state index contributed by atoms with van der Waals surface area (Å²) in [4.78, 5) is 23.9. The number of ether oxygens (including phenoxy) is 1. The molecule has 0 aromatic heterocycles. The fourth-order valence-electron chi connectivity index (χ4n) is 3.10. The average molecular weight is 323 g/mol. The fraction of sp³-hybridized carbons (Fsp3) is 0.300. The molecule has 1 aliphatic carbocycles. The van der Waals surface area contributed by atoms with Gasteiger partial charge in [0.25, 0.3) is 5.91 Å². The van der Waals surface area contributed by atoms with E-state index in [2.05, 4.69) is 17.4 Å². The molecule has 4 nitrogen and oxygen atoms in total. The molecule has 4 heteroatoms. The largest absolute Gasteiger partial charge is 0.456 e. The number of fused-ring (bicyclic) bond motifs is 1. The van der Waals surface area contributed by atoms with E-state index in [0.29, 0.717) is 12.1 Å². The van der Waals surface area contributed by atoms with Gasteiger partial charge in [0.15, 0.2) is 6.61 Å². The Kier molecular flexibility index (Phi) is 4.94. The number of carbonyl (C=O) groups is 2. The van der Waals surface area contributed by atoms with Crippen LogP contribution in [0.2, 0.25) is 0 Å². The number of anilines is 1. The van der Waals surface area contributed by atoms with Crippen molar-refractivity contribution in [2.75, 3.05) is 11.9 Å². The summed E-state index contributed by atoms with van der Waals surface area (Å²) in [5, 5.41) is 2.72. The summed E-state index contributed by atoms with van der Waals surface area (Å²) in [6.45, 7) is 1.73. The predicted molar refractivity (Wildman–Crippen MR) is 92.9 cm³/mol. The van der Waals surface area contributed by atoms with E-state index >= 15 is 0 Å². The van der Waals surface area contributed by atoms with Crippen LogP contribution in [-0.4, -0.2) is 18.5 Å². The van der Waals surface area contributed by atoms with Gasteiger partial charge in [-0.3, -0.25) is 9.59 Å². The number of hydrogen-bond acceptors (Lipinski definition) is 3. The van der Waals surface area contributed by atoms with Crippen LogP contribution in [-0.2, 0) is 20.7 Å². The van der Waals surface area contributed by atoms with Gasteiger partial charge in [-0.2, -0.15) is 0 Å². The van der Waals surface area contributed by atoms with Crippen molar-refractivity contribution in [2.45, 2.75) is 32.1 Å². The van der Waals surface area contributed by atoms with E-state index in [0.717, 1.165) is 18.4 Å². The smallest absolute Gasteiger partial charge is 0.306 e. The van der Waals surface area contributed by atoms with Crippen LogP contribution in [0.4, 0.5) is 5.69 Å². The number of benzene rings is 2. The van der Waals surface area contributed by atoms with Crippen LogP contribution in [0.1, 0.15) is 35.4 Å². The monoisotopic (exact) mass is 323 g/mol. The molecule has 24 heavy (non-hydrogen) atoms. The molecular formula is C20H21NO3. The highest BCUT2D eigenvalue weighted by Crippen LogP contribution is 2.35. The van der Waals surface area contributed by atoms with Crippen molar-refractivity contribution in [1.29, 1.82) is 0 Å². The molecule has 1 aliphatic rings. The van der Waals surface area contributed by atoms with E-state index < -0.39 is 0 Å². The van der Waals surface area contributed by atoms with E-state index in [1.807, 2.05) is 43.3 Å². The number of hydrogen-bond donors (Lipinski definition) is 1. The highest BCUT2D eigenvalue weighted by Gasteiger charge is 2.25. The summed E-state index contributed by atoms with van der Waals surface area (Å²) in [6, 6.07) is 15.7. The van der Waals surface area contributed by atoms with Gasteiger partial charge < -0.3 is 10.1 Å². The predicted octanol–water partition coefficient (Wildman–Crippen LogP) is 3.60. The van der Waals surface area contributed by atoms with Crippen molar-refractivity contribution >= 4 is 17.6 Å². The molecule has 1 amide bonds. The first-order valence-corrected chi connectivity index (χ1v) is 8.22. The molecule has 2 aromatic rings. The van der Waals surface area contributed by atoms with Crippen LogP contribution >= 0.6 is 0 Å². The molecule has 0 bridgehead atoms. The first kappa shape index (κ1) is 16.2. The maximum atomic E-state index is 12.0. The van der Waals surface area contributed by atoms with E-state index in [9.17, 15) is 9.59 Å². The molecule has 0 saturated heterocycles. The second kappa shape index (κ2) is 7.30. The number of carbonyl (C=O) groups excluding carboxylic acids is 2. The summed E-state index contributed by atoms with van der Waals surface area (Å²) in [5.74, 6) is -0.441. The number of nitrogens with one attached hydrogen (secondary N) is 1. The van der Waals surface area contributed by atoms with Crippen LogP contribution in [0.5, 0.6) is 0 Å². The van der Waals surface area contributed by atoms with Gasteiger partial charge in [0.05, 0.1) is 6.42 Å². The van der Waals surface area contributed by atoms with Crippen LogP contribution < -0.4 is 5.32 Å². The van der Waals surface area contributed by atoms with Gasteiger partial charge in [-0.05, 0) is 48.9 Å². The van der Waals surface area contributed by atoms with E-state index in [-0.39, 0.29) is 24.4 Å². The number of esters is 1. The molecule has 2 aromatic carbocycles. The first-order valence-electron chi connectivity index (χ1n) is 8.22. The summed E-state index contributed by atoms with van der Waals surface area (Å²) in [6.07, 6.45) is 2.29. The number of rotatable bonds is 5. The lowest BCUT2D eigenvalue weighted by molar-refractivity contribution is -0.147. The molecule has 3 rings (SSSR count). The number of amides is 1. The van der Waals surface area contributed by atoms with Gasteiger partial charge >= 0.3 is 5.97 Å². The van der Waals surface area contributed by atoms with Gasteiger partial charge in [-0.15, -0.1) is 0 Å². The lowest BCUT2D eigenvalue weighted by Gasteiger charge is -2.11. The molecule has 0 aliphatic heterocycles. The Morgan fingerprint density at radius 1 is 1.12 bits per heavy atom. The van der Waals surface area contributed by atoms with Crippen molar-refractivity contribution in [1.82, 2.24) is 0 Å². The second-order valence-corrected chi connectivity index (χ2v) is 6.21. The molecule has 1 N–H and O–H groups in total. The summed E-state index contributed by atoms with van der Waals surface area (Å²) in [5.41, 5.74) is 4.37. The minimum Gasteiger partial charge on any atom is -0.456 e. The quantitative estimate of drug-likeness (QED) is 0.855. The Morgan fingerprint density at radius 3 is 2.67 bits per heavy atom. The van der Waals surface area contributed by atoms with E-state index in [1.165, 1.54) is 11.1 Å². The Labute approximate surface area is 141 Å². The standard InChI is InChI=1S/C20H21NO3/c1-14-6-10-17(11-7-14)21-19(22)13-24-20(23)12-16-9-8-15-4-2-3-5-18(15)16/h2-7,10-11,16H,8-9,12-13H2,1H3,(H,21,22). The Morgan fingerprint density at radius 2 is 1.88 bits per heavy atom. The topological polar surface area (TPSA) is 55.4 Å². The molecule has 0 heterocycles. The molecule has 1 atom stereocenters. The molecule has 0 fully saturated rings. The van der Waals surface area contributed by atoms with Gasteiger partial charge in [-0.1, -0.05) is 42.0 Å². The third kappa shape index (κ3) is 4.02. The normalized spacial score (nSPS) is 15.6. The lowest BCUT2D eigenvalue weighted by atomic mass is 9.98. The van der Waals surface area contributed by atoms with Crippen LogP contribution in [0.15, 0.2) is 48.5 Å². The van der Waals surface area contributed by atoms with Crippen molar-refractivity contribution in [3.05, 3.63) is 65.2 Å². The number of aryl methyl sites for hydroxylation is 2. The molecule has 0 saturated carbocycles. The Balaban J connectivity index is 1.46. The second-order valence-electron chi connectivity index (χ2n) is 6.21. The minimum absolute atomic E-state index is 0.203. The highest BCUT2D eigenvalue weighted by molar-refractivity contribution is 5.92. The highest BCUT2D eigenvalue weighted by atomic mass is 16.5. The van der Waals surface area contributed by atoms with Gasteiger partial charge in [0.1, 0.15) is 0 Å². The summed E-state index contributed by atoms with van der Waals surface area (Å²) >= 11 is 0. The Bertz CT molecular complexity index is 737. The summed E-state index contributed by atoms with van der Waals surface area (Å²) in [7, 11) is 0. The van der Waals surface area contributed by atoms with Crippen LogP contribution in [0.3, 0.4) is 0 Å². The molecular weight excluding hydrogens is 302 g/mol. The molecule has 124 valence electrons. The minimum atomic E-state index is -0.323. The van der Waals surface area contributed by atoms with Gasteiger partial charge in [0, 0.05) is 5.69 Å². The molecule has 0 radical (unpaired) electrons. The lowest BCUT2D eigenvalue weighted by Crippen LogP contribution is -2.21. The van der Waals surface area contributed by atoms with Crippen molar-refractivity contribution < 1.29 is 14.3 Å². The van der Waals surface area contributed by atoms with Crippen molar-refractivity contribution in [3.63, 3.8) is 0 Å².